The Morgan fingerprint density at radius 3 is 2.41 bits per heavy atom. The summed E-state index contributed by atoms with van der Waals surface area (Å²) < 4.78 is 2.09. The van der Waals surface area contributed by atoms with E-state index in [4.69, 9.17) is 0 Å². The van der Waals surface area contributed by atoms with Gasteiger partial charge >= 0.3 is 0 Å². The van der Waals surface area contributed by atoms with Crippen LogP contribution < -0.4 is 9.62 Å². The van der Waals surface area contributed by atoms with E-state index in [0.29, 0.717) is 22.6 Å². The zero-order chi connectivity index (χ0) is 22.7. The second kappa shape index (κ2) is 9.20. The SMILES string of the molecule is Cc1cc(O)c(-c2cc(C(=O)Nc3ccc(SN(C)c4ccccc4)cc3)[nH]n2)cc1C. The normalized spacial score (nSPS) is 10.7. The highest BCUT2D eigenvalue weighted by Crippen LogP contribution is 2.31. The summed E-state index contributed by atoms with van der Waals surface area (Å²) >= 11 is 1.61. The number of amides is 1. The molecule has 0 bridgehead atoms. The number of nitrogens with zero attached hydrogens (tertiary/aromatic N) is 2. The van der Waals surface area contributed by atoms with Crippen LogP contribution >= 0.6 is 11.9 Å². The molecule has 4 rings (SSSR count). The lowest BCUT2D eigenvalue weighted by Crippen LogP contribution is -2.12. The van der Waals surface area contributed by atoms with Crippen LogP contribution in [0.2, 0.25) is 0 Å². The average molecular weight is 445 g/mol. The van der Waals surface area contributed by atoms with Crippen molar-refractivity contribution in [3.05, 3.63) is 89.6 Å². The maximum absolute atomic E-state index is 12.7. The summed E-state index contributed by atoms with van der Waals surface area (Å²) in [6.45, 7) is 3.91. The van der Waals surface area contributed by atoms with Crippen molar-refractivity contribution < 1.29 is 9.90 Å². The number of aromatic hydroxyl groups is 1. The van der Waals surface area contributed by atoms with E-state index in [1.54, 1.807) is 24.1 Å². The van der Waals surface area contributed by atoms with Gasteiger partial charge in [0.2, 0.25) is 0 Å². The van der Waals surface area contributed by atoms with Gasteiger partial charge in [-0.05, 0) is 91.5 Å². The van der Waals surface area contributed by atoms with Crippen molar-refractivity contribution in [1.29, 1.82) is 0 Å². The number of aromatic nitrogens is 2. The van der Waals surface area contributed by atoms with Gasteiger partial charge in [-0.1, -0.05) is 18.2 Å². The minimum Gasteiger partial charge on any atom is -0.507 e. The summed E-state index contributed by atoms with van der Waals surface area (Å²) in [5, 5.41) is 20.1. The number of para-hydroxylation sites is 1. The van der Waals surface area contributed by atoms with Crippen molar-refractivity contribution in [1.82, 2.24) is 10.2 Å². The van der Waals surface area contributed by atoms with Gasteiger partial charge in [0.25, 0.3) is 5.91 Å². The lowest BCUT2D eigenvalue weighted by molar-refractivity contribution is 0.102. The molecular formula is C25H24N4O2S. The summed E-state index contributed by atoms with van der Waals surface area (Å²) in [4.78, 5) is 13.7. The summed E-state index contributed by atoms with van der Waals surface area (Å²) in [6.07, 6.45) is 0. The van der Waals surface area contributed by atoms with E-state index in [9.17, 15) is 9.90 Å². The molecule has 162 valence electrons. The first-order chi connectivity index (χ1) is 15.4. The van der Waals surface area contributed by atoms with Gasteiger partial charge in [-0.2, -0.15) is 5.10 Å². The van der Waals surface area contributed by atoms with E-state index in [2.05, 4.69) is 32.0 Å². The zero-order valence-corrected chi connectivity index (χ0v) is 18.9. The van der Waals surface area contributed by atoms with E-state index in [-0.39, 0.29) is 11.7 Å². The Kier molecular flexibility index (Phi) is 6.18. The molecule has 0 saturated heterocycles. The topological polar surface area (TPSA) is 81.2 Å². The lowest BCUT2D eigenvalue weighted by Gasteiger charge is -2.17. The average Bonchev–Trinajstić information content (AvgIpc) is 3.28. The molecule has 1 aromatic heterocycles. The number of rotatable bonds is 6. The van der Waals surface area contributed by atoms with Gasteiger partial charge in [0.05, 0.1) is 5.69 Å². The largest absolute Gasteiger partial charge is 0.507 e. The maximum Gasteiger partial charge on any atom is 0.273 e. The van der Waals surface area contributed by atoms with Gasteiger partial charge < -0.3 is 14.7 Å². The summed E-state index contributed by atoms with van der Waals surface area (Å²) in [5.41, 5.74) is 5.27. The third-order valence-electron chi connectivity index (χ3n) is 5.18. The fraction of sp³-hybridized carbons (Fsp3) is 0.120. The Morgan fingerprint density at radius 1 is 1.00 bits per heavy atom. The molecule has 0 aliphatic heterocycles. The van der Waals surface area contributed by atoms with Crippen LogP contribution in [0.25, 0.3) is 11.3 Å². The van der Waals surface area contributed by atoms with Gasteiger partial charge in [0.15, 0.2) is 0 Å². The first kappa shape index (κ1) is 21.5. The van der Waals surface area contributed by atoms with Gasteiger partial charge in [0.1, 0.15) is 11.4 Å². The molecule has 1 amide bonds. The summed E-state index contributed by atoms with van der Waals surface area (Å²) in [5.74, 6) is -0.158. The molecule has 4 aromatic rings. The predicted molar refractivity (Wildman–Crippen MR) is 130 cm³/mol. The Bertz CT molecular complexity index is 1240. The molecule has 0 saturated carbocycles. The molecule has 0 aliphatic carbocycles. The Hall–Kier alpha value is -3.71. The second-order valence-electron chi connectivity index (χ2n) is 7.52. The summed E-state index contributed by atoms with van der Waals surface area (Å²) in [7, 11) is 2.01. The number of carbonyl (C=O) groups excluding carboxylic acids is 1. The van der Waals surface area contributed by atoms with Crippen molar-refractivity contribution >= 4 is 29.2 Å². The van der Waals surface area contributed by atoms with E-state index in [1.165, 1.54) is 0 Å². The third-order valence-corrected chi connectivity index (χ3v) is 6.15. The molecule has 0 spiro atoms. The van der Waals surface area contributed by atoms with Crippen molar-refractivity contribution in [3.63, 3.8) is 0 Å². The number of hydrogen-bond acceptors (Lipinski definition) is 5. The number of nitrogens with one attached hydrogen (secondary N) is 2. The van der Waals surface area contributed by atoms with Crippen molar-refractivity contribution in [2.45, 2.75) is 18.7 Å². The number of benzene rings is 3. The number of phenolic OH excluding ortho intramolecular Hbond substituents is 1. The number of phenols is 1. The molecule has 32 heavy (non-hydrogen) atoms. The van der Waals surface area contributed by atoms with Crippen LogP contribution in [0.15, 0.2) is 77.7 Å². The third kappa shape index (κ3) is 4.78. The monoisotopic (exact) mass is 444 g/mol. The van der Waals surface area contributed by atoms with Crippen molar-refractivity contribution in [2.24, 2.45) is 0 Å². The number of H-pyrrole nitrogens is 1. The first-order valence-corrected chi connectivity index (χ1v) is 10.9. The van der Waals surface area contributed by atoms with Gasteiger partial charge in [-0.15, -0.1) is 0 Å². The predicted octanol–water partition coefficient (Wildman–Crippen LogP) is 5.79. The number of carbonyl (C=O) groups is 1. The molecule has 3 N–H and O–H groups in total. The second-order valence-corrected chi connectivity index (χ2v) is 8.72. The fourth-order valence-electron chi connectivity index (χ4n) is 3.23. The van der Waals surface area contributed by atoms with Crippen LogP contribution in [-0.2, 0) is 0 Å². The highest BCUT2D eigenvalue weighted by atomic mass is 32.2. The number of anilines is 2. The Morgan fingerprint density at radius 2 is 1.69 bits per heavy atom. The van der Waals surface area contributed by atoms with E-state index in [0.717, 1.165) is 21.7 Å². The molecule has 7 heteroatoms. The number of hydrogen-bond donors (Lipinski definition) is 3. The molecule has 1 heterocycles. The molecule has 0 aliphatic rings. The highest BCUT2D eigenvalue weighted by Gasteiger charge is 2.15. The van der Waals surface area contributed by atoms with E-state index >= 15 is 0 Å². The Balaban J connectivity index is 1.42. The highest BCUT2D eigenvalue weighted by molar-refractivity contribution is 8.00. The maximum atomic E-state index is 12.7. The molecule has 0 unspecified atom stereocenters. The number of aryl methyl sites for hydroxylation is 2. The van der Waals surface area contributed by atoms with Gasteiger partial charge in [-0.3, -0.25) is 9.89 Å². The number of aromatic amines is 1. The minimum atomic E-state index is -0.297. The van der Waals surface area contributed by atoms with Crippen molar-refractivity contribution in [2.75, 3.05) is 16.7 Å². The molecule has 6 nitrogen and oxygen atoms in total. The molecule has 3 aromatic carbocycles. The molecule has 0 radical (unpaired) electrons. The van der Waals surface area contributed by atoms with E-state index in [1.807, 2.05) is 69.4 Å². The lowest BCUT2D eigenvalue weighted by atomic mass is 10.0. The van der Waals surface area contributed by atoms with E-state index < -0.39 is 0 Å². The standard InChI is InChI=1S/C25H24N4O2S/c1-16-13-21(24(30)14-17(16)2)22-15-23(28-27-22)25(31)26-18-9-11-20(12-10-18)32-29(3)19-7-5-4-6-8-19/h4-15,30H,1-3H3,(H,26,31)(H,27,28). The minimum absolute atomic E-state index is 0.139. The molecule has 0 fully saturated rings. The smallest absolute Gasteiger partial charge is 0.273 e. The van der Waals surface area contributed by atoms with Crippen LogP contribution in [0.5, 0.6) is 5.75 Å². The summed E-state index contributed by atoms with van der Waals surface area (Å²) in [6, 6.07) is 23.0. The van der Waals surface area contributed by atoms with Gasteiger partial charge in [-0.25, -0.2) is 0 Å². The van der Waals surface area contributed by atoms with Crippen LogP contribution in [0, 0.1) is 13.8 Å². The fourth-order valence-corrected chi connectivity index (χ4v) is 4.03. The zero-order valence-electron chi connectivity index (χ0n) is 18.1. The molecule has 0 atom stereocenters. The van der Waals surface area contributed by atoms with Crippen LogP contribution in [0.3, 0.4) is 0 Å². The van der Waals surface area contributed by atoms with Crippen LogP contribution in [0.1, 0.15) is 21.6 Å². The van der Waals surface area contributed by atoms with Crippen molar-refractivity contribution in [3.8, 4) is 17.0 Å². The quantitative estimate of drug-likeness (QED) is 0.328. The molecular weight excluding hydrogens is 420 g/mol. The van der Waals surface area contributed by atoms with Crippen LogP contribution in [0.4, 0.5) is 11.4 Å². The van der Waals surface area contributed by atoms with Gasteiger partial charge in [0, 0.05) is 28.9 Å². The first-order valence-electron chi connectivity index (χ1n) is 10.1. The Labute approximate surface area is 191 Å². The van der Waals surface area contributed by atoms with Crippen LogP contribution in [-0.4, -0.2) is 28.3 Å².